The first-order valence-corrected chi connectivity index (χ1v) is 5.91. The molecule has 1 atom stereocenters. The molecule has 0 aliphatic rings. The van der Waals surface area contributed by atoms with Crippen LogP contribution in [0.5, 0.6) is 0 Å². The highest BCUT2D eigenvalue weighted by molar-refractivity contribution is 5.39. The van der Waals surface area contributed by atoms with Crippen LogP contribution in [0.25, 0.3) is 5.69 Å². The van der Waals surface area contributed by atoms with Gasteiger partial charge in [0.1, 0.15) is 0 Å². The lowest BCUT2D eigenvalue weighted by molar-refractivity contribution is 0.218. The summed E-state index contributed by atoms with van der Waals surface area (Å²) in [6.45, 7) is 3.95. The van der Waals surface area contributed by atoms with Crippen molar-refractivity contribution >= 4 is 5.95 Å². The number of aliphatic hydroxyl groups is 1. The smallest absolute Gasteiger partial charge is 0.248 e. The van der Waals surface area contributed by atoms with Crippen molar-refractivity contribution in [3.05, 3.63) is 30.3 Å². The predicted molar refractivity (Wildman–Crippen MR) is 68.6 cm³/mol. The molecule has 18 heavy (non-hydrogen) atoms. The highest BCUT2D eigenvalue weighted by Gasteiger charge is 2.23. The molecule has 0 saturated carbocycles. The molecule has 0 fully saturated rings. The quantitative estimate of drug-likeness (QED) is 0.831. The number of para-hydroxylation sites is 1. The summed E-state index contributed by atoms with van der Waals surface area (Å²) in [5.74, 6) is 0.527. The highest BCUT2D eigenvalue weighted by Crippen LogP contribution is 2.17. The van der Waals surface area contributed by atoms with E-state index in [2.05, 4.69) is 20.8 Å². The van der Waals surface area contributed by atoms with Crippen LogP contribution in [0.15, 0.2) is 30.3 Å². The summed E-state index contributed by atoms with van der Waals surface area (Å²) in [6.07, 6.45) is 0.769. The molecular weight excluding hydrogens is 230 g/mol. The predicted octanol–water partition coefficient (Wildman–Crippen LogP) is 1.24. The molecule has 6 heteroatoms. The fourth-order valence-corrected chi connectivity index (χ4v) is 1.52. The van der Waals surface area contributed by atoms with E-state index in [0.29, 0.717) is 5.95 Å². The zero-order valence-corrected chi connectivity index (χ0v) is 10.5. The van der Waals surface area contributed by atoms with E-state index in [-0.39, 0.29) is 6.61 Å². The Bertz CT molecular complexity index is 492. The Morgan fingerprint density at radius 3 is 2.67 bits per heavy atom. The third-order valence-corrected chi connectivity index (χ3v) is 3.01. The summed E-state index contributed by atoms with van der Waals surface area (Å²) in [7, 11) is 0. The molecule has 2 N–H and O–H groups in total. The van der Waals surface area contributed by atoms with Crippen molar-refractivity contribution in [3.8, 4) is 5.69 Å². The van der Waals surface area contributed by atoms with E-state index in [9.17, 15) is 5.11 Å². The van der Waals surface area contributed by atoms with E-state index in [1.807, 2.05) is 44.2 Å². The Balaban J connectivity index is 2.29. The molecule has 1 aromatic heterocycles. The van der Waals surface area contributed by atoms with Gasteiger partial charge in [0.25, 0.3) is 0 Å². The monoisotopic (exact) mass is 247 g/mol. The number of aromatic nitrogens is 4. The molecule has 0 aliphatic heterocycles. The summed E-state index contributed by atoms with van der Waals surface area (Å²) in [5, 5.41) is 24.2. The number of benzene rings is 1. The molecule has 96 valence electrons. The van der Waals surface area contributed by atoms with Crippen LogP contribution in [-0.4, -0.2) is 37.5 Å². The minimum Gasteiger partial charge on any atom is -0.394 e. The average molecular weight is 247 g/mol. The van der Waals surface area contributed by atoms with Gasteiger partial charge in [0.15, 0.2) is 0 Å². The van der Waals surface area contributed by atoms with E-state index >= 15 is 0 Å². The summed E-state index contributed by atoms with van der Waals surface area (Å²) in [4.78, 5) is 0. The standard InChI is InChI=1S/C12H17N5O/c1-3-12(2,9-18)13-11-14-15-16-17(11)10-7-5-4-6-8-10/h4-8,18H,3,9H2,1-2H3,(H,13,14,16). The number of hydrogen-bond donors (Lipinski definition) is 2. The maximum Gasteiger partial charge on any atom is 0.248 e. The van der Waals surface area contributed by atoms with Crippen LogP contribution in [0, 0.1) is 0 Å². The number of nitrogens with zero attached hydrogens (tertiary/aromatic N) is 4. The number of rotatable bonds is 5. The summed E-state index contributed by atoms with van der Waals surface area (Å²) < 4.78 is 1.61. The number of nitrogens with one attached hydrogen (secondary N) is 1. The van der Waals surface area contributed by atoms with Crippen molar-refractivity contribution in [3.63, 3.8) is 0 Å². The SMILES string of the molecule is CCC(C)(CO)Nc1nnnn1-c1ccccc1. The molecule has 0 spiro atoms. The Hall–Kier alpha value is -1.95. The van der Waals surface area contributed by atoms with E-state index in [4.69, 9.17) is 0 Å². The molecule has 0 bridgehead atoms. The maximum atomic E-state index is 9.41. The lowest BCUT2D eigenvalue weighted by Crippen LogP contribution is -2.39. The van der Waals surface area contributed by atoms with Crippen LogP contribution in [0.3, 0.4) is 0 Å². The fraction of sp³-hybridized carbons (Fsp3) is 0.417. The van der Waals surface area contributed by atoms with Crippen molar-refractivity contribution in [2.75, 3.05) is 11.9 Å². The Labute approximate surface area is 106 Å². The lowest BCUT2D eigenvalue weighted by atomic mass is 10.0. The summed E-state index contributed by atoms with van der Waals surface area (Å²) >= 11 is 0. The van der Waals surface area contributed by atoms with Crippen LogP contribution >= 0.6 is 0 Å². The second-order valence-electron chi connectivity index (χ2n) is 4.45. The normalized spacial score (nSPS) is 14.2. The van der Waals surface area contributed by atoms with E-state index < -0.39 is 5.54 Å². The number of aliphatic hydroxyl groups excluding tert-OH is 1. The minimum atomic E-state index is -0.429. The molecule has 2 rings (SSSR count). The van der Waals surface area contributed by atoms with Gasteiger partial charge in [-0.2, -0.15) is 4.68 Å². The molecule has 1 heterocycles. The molecule has 6 nitrogen and oxygen atoms in total. The van der Waals surface area contributed by atoms with Crippen LogP contribution in [0.1, 0.15) is 20.3 Å². The molecule has 0 saturated heterocycles. The van der Waals surface area contributed by atoms with Crippen LogP contribution in [-0.2, 0) is 0 Å². The third kappa shape index (κ3) is 2.48. The van der Waals surface area contributed by atoms with Crippen LogP contribution < -0.4 is 5.32 Å². The van der Waals surface area contributed by atoms with Gasteiger partial charge >= 0.3 is 0 Å². The third-order valence-electron chi connectivity index (χ3n) is 3.01. The van der Waals surface area contributed by atoms with Gasteiger partial charge < -0.3 is 10.4 Å². The van der Waals surface area contributed by atoms with Gasteiger partial charge in [-0.05, 0) is 35.9 Å². The van der Waals surface area contributed by atoms with Gasteiger partial charge in [-0.15, -0.1) is 0 Å². The van der Waals surface area contributed by atoms with Gasteiger partial charge in [0, 0.05) is 0 Å². The van der Waals surface area contributed by atoms with Crippen molar-refractivity contribution in [1.82, 2.24) is 20.2 Å². The number of tetrazole rings is 1. The zero-order chi connectivity index (χ0) is 13.0. The van der Waals surface area contributed by atoms with Crippen molar-refractivity contribution in [2.24, 2.45) is 0 Å². The zero-order valence-electron chi connectivity index (χ0n) is 10.5. The van der Waals surface area contributed by atoms with E-state index in [0.717, 1.165) is 12.1 Å². The molecule has 2 aromatic rings. The molecule has 0 amide bonds. The number of anilines is 1. The van der Waals surface area contributed by atoms with Crippen molar-refractivity contribution in [1.29, 1.82) is 0 Å². The highest BCUT2D eigenvalue weighted by atomic mass is 16.3. The largest absolute Gasteiger partial charge is 0.394 e. The molecule has 1 aromatic carbocycles. The topological polar surface area (TPSA) is 75.9 Å². The fourth-order valence-electron chi connectivity index (χ4n) is 1.52. The average Bonchev–Trinajstić information content (AvgIpc) is 2.87. The van der Waals surface area contributed by atoms with Gasteiger partial charge in [-0.25, -0.2) is 0 Å². The molecular formula is C12H17N5O. The molecule has 0 radical (unpaired) electrons. The van der Waals surface area contributed by atoms with Gasteiger partial charge in [-0.1, -0.05) is 30.2 Å². The Morgan fingerprint density at radius 1 is 1.33 bits per heavy atom. The molecule has 0 aliphatic carbocycles. The second-order valence-corrected chi connectivity index (χ2v) is 4.45. The first kappa shape index (κ1) is 12.5. The van der Waals surface area contributed by atoms with Gasteiger partial charge in [-0.3, -0.25) is 0 Å². The van der Waals surface area contributed by atoms with Gasteiger partial charge in [0.2, 0.25) is 5.95 Å². The second kappa shape index (κ2) is 5.14. The maximum absolute atomic E-state index is 9.41. The summed E-state index contributed by atoms with van der Waals surface area (Å²) in [5.41, 5.74) is 0.447. The summed E-state index contributed by atoms with van der Waals surface area (Å²) in [6, 6.07) is 9.62. The van der Waals surface area contributed by atoms with Crippen molar-refractivity contribution < 1.29 is 5.11 Å². The van der Waals surface area contributed by atoms with Crippen LogP contribution in [0.2, 0.25) is 0 Å². The number of hydrogen-bond acceptors (Lipinski definition) is 5. The lowest BCUT2D eigenvalue weighted by Gasteiger charge is -2.27. The van der Waals surface area contributed by atoms with Crippen molar-refractivity contribution in [2.45, 2.75) is 25.8 Å². The Morgan fingerprint density at radius 2 is 2.06 bits per heavy atom. The first-order chi connectivity index (χ1) is 8.68. The van der Waals surface area contributed by atoms with E-state index in [1.165, 1.54) is 0 Å². The Kier molecular flexibility index (Phi) is 3.57. The first-order valence-electron chi connectivity index (χ1n) is 5.91. The van der Waals surface area contributed by atoms with E-state index in [1.54, 1.807) is 4.68 Å². The minimum absolute atomic E-state index is 0.0190. The van der Waals surface area contributed by atoms with Gasteiger partial charge in [0.05, 0.1) is 17.8 Å². The van der Waals surface area contributed by atoms with Crippen LogP contribution in [0.4, 0.5) is 5.95 Å². The molecule has 1 unspecified atom stereocenters.